The van der Waals surface area contributed by atoms with Gasteiger partial charge in [0.1, 0.15) is 5.75 Å². The summed E-state index contributed by atoms with van der Waals surface area (Å²) in [7, 11) is 0. The molecule has 0 atom stereocenters. The lowest BCUT2D eigenvalue weighted by Gasteiger charge is -1.99. The van der Waals surface area contributed by atoms with E-state index in [1.807, 2.05) is 12.1 Å². The fourth-order valence-electron chi connectivity index (χ4n) is 1.64. The van der Waals surface area contributed by atoms with Crippen molar-refractivity contribution in [2.45, 2.75) is 13.5 Å². The van der Waals surface area contributed by atoms with Crippen LogP contribution in [0.25, 0.3) is 0 Å². The number of pyridine rings is 1. The first-order valence-electron chi connectivity index (χ1n) is 6.05. The average Bonchev–Trinajstić information content (AvgIpc) is 2.48. The van der Waals surface area contributed by atoms with Crippen LogP contribution in [0.15, 0.2) is 42.6 Å². The van der Waals surface area contributed by atoms with E-state index in [4.69, 9.17) is 10.1 Å². The summed E-state index contributed by atoms with van der Waals surface area (Å²) in [6.07, 6.45) is 1.60. The molecule has 1 aromatic carbocycles. The second-order valence-electron chi connectivity index (χ2n) is 4.20. The van der Waals surface area contributed by atoms with Gasteiger partial charge >= 0.3 is 0 Å². The molecule has 0 amide bonds. The zero-order valence-corrected chi connectivity index (χ0v) is 12.1. The standard InChI is InChI=1S/C15H13N3O2.ClH/c1-11(15-14(19)3-2-8-17-15)18-20-10-13-6-4-12(9-16)5-7-13;/h2-8,19H,10H2,1H3;1H. The third-order valence-electron chi connectivity index (χ3n) is 2.69. The maximum absolute atomic E-state index is 9.65. The molecule has 0 fully saturated rings. The Morgan fingerprint density at radius 1 is 1.33 bits per heavy atom. The van der Waals surface area contributed by atoms with E-state index >= 15 is 0 Å². The zero-order chi connectivity index (χ0) is 14.4. The van der Waals surface area contributed by atoms with Crippen molar-refractivity contribution in [2.24, 2.45) is 0 Å². The van der Waals surface area contributed by atoms with Gasteiger partial charge in [-0.25, -0.2) is 4.98 Å². The van der Waals surface area contributed by atoms with Crippen LogP contribution in [0, 0.1) is 11.3 Å². The topological polar surface area (TPSA) is 80.1 Å². The maximum atomic E-state index is 9.65. The average molecular weight is 304 g/mol. The lowest BCUT2D eigenvalue weighted by atomic mass is 10.2. The quantitative estimate of drug-likeness (QED) is 0.491. The molecule has 0 aliphatic heterocycles. The lowest BCUT2D eigenvalue weighted by molar-refractivity contribution is -0.758. The smallest absolute Gasteiger partial charge is 0.251 e. The summed E-state index contributed by atoms with van der Waals surface area (Å²) >= 11 is 0. The first kappa shape index (κ1) is 16.5. The van der Waals surface area contributed by atoms with E-state index in [1.165, 1.54) is 0 Å². The van der Waals surface area contributed by atoms with Crippen LogP contribution in [-0.2, 0) is 11.4 Å². The Morgan fingerprint density at radius 2 is 2.05 bits per heavy atom. The van der Waals surface area contributed by atoms with Crippen LogP contribution in [0.2, 0.25) is 0 Å². The number of aromatic hydroxyl groups is 1. The molecule has 0 unspecified atom stereocenters. The van der Waals surface area contributed by atoms with Gasteiger partial charge in [-0.1, -0.05) is 12.1 Å². The number of nitriles is 1. The van der Waals surface area contributed by atoms with Crippen molar-refractivity contribution < 1.29 is 27.5 Å². The molecule has 2 aromatic rings. The van der Waals surface area contributed by atoms with Gasteiger partial charge in [0.25, 0.3) is 5.71 Å². The second-order valence-corrected chi connectivity index (χ2v) is 4.20. The highest BCUT2D eigenvalue weighted by Crippen LogP contribution is 2.11. The predicted octanol–water partition coefficient (Wildman–Crippen LogP) is -2.32. The van der Waals surface area contributed by atoms with E-state index in [2.05, 4.69) is 16.2 Å². The van der Waals surface area contributed by atoms with E-state index < -0.39 is 0 Å². The first-order valence-corrected chi connectivity index (χ1v) is 6.05. The van der Waals surface area contributed by atoms with Crippen LogP contribution in [0.1, 0.15) is 23.7 Å². The van der Waals surface area contributed by atoms with Crippen molar-refractivity contribution in [2.75, 3.05) is 0 Å². The number of nitrogens with one attached hydrogen (secondary N) is 1. The number of rotatable bonds is 4. The van der Waals surface area contributed by atoms with Crippen LogP contribution < -0.4 is 17.6 Å². The van der Waals surface area contributed by atoms with Gasteiger partial charge in [0.15, 0.2) is 12.3 Å². The second kappa shape index (κ2) is 7.88. The van der Waals surface area contributed by atoms with Gasteiger partial charge < -0.3 is 17.5 Å². The number of nitrogens with zero attached hydrogens (tertiary/aromatic N) is 2. The monoisotopic (exact) mass is 303 g/mol. The van der Waals surface area contributed by atoms with Gasteiger partial charge in [-0.15, -0.1) is 0 Å². The molecular weight excluding hydrogens is 290 g/mol. The highest BCUT2D eigenvalue weighted by molar-refractivity contribution is 5.94. The summed E-state index contributed by atoms with van der Waals surface area (Å²) in [5, 5.41) is 21.1. The van der Waals surface area contributed by atoms with E-state index in [0.29, 0.717) is 23.6 Å². The molecule has 5 nitrogen and oxygen atoms in total. The molecule has 0 aliphatic rings. The highest BCUT2D eigenvalue weighted by atomic mass is 35.5. The van der Waals surface area contributed by atoms with E-state index in [9.17, 15) is 5.11 Å². The molecule has 0 aliphatic carbocycles. The number of benzene rings is 1. The Morgan fingerprint density at radius 3 is 2.67 bits per heavy atom. The first-order chi connectivity index (χ1) is 9.70. The SMILES string of the molecule is CC(=[NH+]OCc1ccc(C#N)cc1)c1ncccc1O.[Cl-]. The van der Waals surface area contributed by atoms with E-state index in [1.54, 1.807) is 37.4 Å². The van der Waals surface area contributed by atoms with Crippen LogP contribution in [0.3, 0.4) is 0 Å². The largest absolute Gasteiger partial charge is 1.00 e. The van der Waals surface area contributed by atoms with Gasteiger partial charge in [-0.2, -0.15) is 5.26 Å². The van der Waals surface area contributed by atoms with Gasteiger partial charge in [-0.3, -0.25) is 4.84 Å². The Balaban J connectivity index is 0.00000220. The molecule has 21 heavy (non-hydrogen) atoms. The summed E-state index contributed by atoms with van der Waals surface area (Å²) in [5.41, 5.74) is 2.63. The summed E-state index contributed by atoms with van der Waals surface area (Å²) < 4.78 is 0. The van der Waals surface area contributed by atoms with Crippen molar-refractivity contribution >= 4 is 5.71 Å². The van der Waals surface area contributed by atoms with Crippen molar-refractivity contribution in [1.29, 1.82) is 5.26 Å². The lowest BCUT2D eigenvalue weighted by Crippen LogP contribution is -3.00. The van der Waals surface area contributed by atoms with E-state index in [0.717, 1.165) is 5.56 Å². The summed E-state index contributed by atoms with van der Waals surface area (Å²) in [6.45, 7) is 2.11. The van der Waals surface area contributed by atoms with Crippen LogP contribution in [-0.4, -0.2) is 15.8 Å². The molecule has 1 heterocycles. The summed E-state index contributed by atoms with van der Waals surface area (Å²) in [6, 6.07) is 12.4. The third-order valence-corrected chi connectivity index (χ3v) is 2.69. The number of hydrogen-bond acceptors (Lipinski definition) is 4. The van der Waals surface area contributed by atoms with Crippen molar-refractivity contribution in [3.8, 4) is 11.8 Å². The molecule has 0 saturated carbocycles. The van der Waals surface area contributed by atoms with Crippen molar-refractivity contribution in [3.63, 3.8) is 0 Å². The Hall–Kier alpha value is -2.58. The fourth-order valence-corrected chi connectivity index (χ4v) is 1.64. The van der Waals surface area contributed by atoms with Crippen molar-refractivity contribution in [3.05, 3.63) is 59.4 Å². The maximum Gasteiger partial charge on any atom is 0.251 e. The number of aromatic nitrogens is 1. The van der Waals surface area contributed by atoms with Crippen LogP contribution >= 0.6 is 0 Å². The Bertz CT molecular complexity index is 663. The van der Waals surface area contributed by atoms with Crippen LogP contribution in [0.4, 0.5) is 0 Å². The Labute approximate surface area is 128 Å². The van der Waals surface area contributed by atoms with Crippen LogP contribution in [0.5, 0.6) is 5.75 Å². The molecular formula is C15H14ClN3O2. The highest BCUT2D eigenvalue weighted by Gasteiger charge is 2.11. The third kappa shape index (κ3) is 4.48. The minimum absolute atomic E-state index is 0. The molecule has 0 bridgehead atoms. The molecule has 0 radical (unpaired) electrons. The molecule has 1 aromatic heterocycles. The molecule has 2 N–H and O–H groups in total. The number of halogens is 1. The normalized spacial score (nSPS) is 10.4. The molecule has 2 rings (SSSR count). The Kier molecular flexibility index (Phi) is 6.18. The zero-order valence-electron chi connectivity index (χ0n) is 11.4. The molecule has 0 spiro atoms. The van der Waals surface area contributed by atoms with Gasteiger partial charge in [0.05, 0.1) is 11.6 Å². The molecule has 0 saturated heterocycles. The van der Waals surface area contributed by atoms with Gasteiger partial charge in [-0.05, 0) is 35.0 Å². The minimum atomic E-state index is 0. The minimum Gasteiger partial charge on any atom is -1.00 e. The van der Waals surface area contributed by atoms with Crippen molar-refractivity contribution in [1.82, 2.24) is 4.98 Å². The fraction of sp³-hybridized carbons (Fsp3) is 0.133. The summed E-state index contributed by atoms with van der Waals surface area (Å²) in [5.74, 6) is 0.0967. The molecule has 108 valence electrons. The van der Waals surface area contributed by atoms with E-state index in [-0.39, 0.29) is 18.2 Å². The predicted molar refractivity (Wildman–Crippen MR) is 72.6 cm³/mol. The number of hydrogen-bond donors (Lipinski definition) is 2. The van der Waals surface area contributed by atoms with Gasteiger partial charge in [0, 0.05) is 13.1 Å². The summed E-state index contributed by atoms with van der Waals surface area (Å²) in [4.78, 5) is 9.40. The van der Waals surface area contributed by atoms with Gasteiger partial charge in [0.2, 0.25) is 0 Å². The molecule has 6 heteroatoms.